The average Bonchev–Trinajstić information content (AvgIpc) is 3.37. The van der Waals surface area contributed by atoms with Gasteiger partial charge in [0.1, 0.15) is 42.3 Å². The standard InChI is InChI=1S/C28H27N5O6/c1-16-20-13-25(29-15-21(20)19-5-4-18(12-24(19)39-16)32-7-2-3-26(32)35)31-17-11-23-27(30-14-17)38-10-8-33(23)22(6-9-34)28(36)37/h4-5,9,11-16,22H,2-3,6-8,10H2,1H3,(H,29,31)(H,36,37). The number of hydrogen-bond donors (Lipinski definition) is 2. The van der Waals surface area contributed by atoms with Gasteiger partial charge in [0.05, 0.1) is 18.4 Å². The SMILES string of the molecule is CC1Oc2cc(N3CCCC3=O)ccc2-c2cnc(Nc3cnc4c(c3)N(C(CC=O)C(=O)O)CCO4)cc21. The highest BCUT2D eigenvalue weighted by atomic mass is 16.5. The molecule has 6 rings (SSSR count). The number of carboxylic acids is 1. The van der Waals surface area contributed by atoms with Crippen molar-refractivity contribution in [1.82, 2.24) is 9.97 Å². The van der Waals surface area contributed by atoms with E-state index in [9.17, 15) is 19.5 Å². The van der Waals surface area contributed by atoms with Crippen LogP contribution in [0.25, 0.3) is 11.1 Å². The first kappa shape index (κ1) is 24.7. The maximum atomic E-state index is 12.2. The van der Waals surface area contributed by atoms with E-state index in [1.54, 1.807) is 28.3 Å². The van der Waals surface area contributed by atoms with Crippen molar-refractivity contribution in [1.29, 1.82) is 0 Å². The van der Waals surface area contributed by atoms with Gasteiger partial charge in [-0.25, -0.2) is 14.8 Å². The molecule has 3 aliphatic heterocycles. The zero-order valence-corrected chi connectivity index (χ0v) is 21.3. The molecular formula is C28H27N5O6. The number of benzene rings is 1. The van der Waals surface area contributed by atoms with Gasteiger partial charge in [0, 0.05) is 54.0 Å². The van der Waals surface area contributed by atoms with Gasteiger partial charge in [0.2, 0.25) is 11.8 Å². The third kappa shape index (κ3) is 4.49. The van der Waals surface area contributed by atoms with Crippen LogP contribution in [0.15, 0.2) is 42.7 Å². The highest BCUT2D eigenvalue weighted by molar-refractivity contribution is 5.96. The Balaban J connectivity index is 1.27. The number of carbonyl (C=O) groups is 3. The van der Waals surface area contributed by atoms with Gasteiger partial charge in [-0.15, -0.1) is 0 Å². The Morgan fingerprint density at radius 3 is 2.85 bits per heavy atom. The minimum Gasteiger partial charge on any atom is -0.485 e. The van der Waals surface area contributed by atoms with Crippen LogP contribution in [0.1, 0.15) is 37.9 Å². The van der Waals surface area contributed by atoms with Gasteiger partial charge in [-0.1, -0.05) is 0 Å². The Morgan fingerprint density at radius 1 is 1.21 bits per heavy atom. The first-order valence-corrected chi connectivity index (χ1v) is 12.9. The van der Waals surface area contributed by atoms with E-state index in [-0.39, 0.29) is 25.0 Å². The number of ether oxygens (including phenoxy) is 2. The molecular weight excluding hydrogens is 502 g/mol. The van der Waals surface area contributed by atoms with Crippen LogP contribution in [0.5, 0.6) is 11.6 Å². The lowest BCUT2D eigenvalue weighted by atomic mass is 9.94. The van der Waals surface area contributed by atoms with Crippen LogP contribution in [-0.4, -0.2) is 59.0 Å². The number of pyridine rings is 2. The highest BCUT2D eigenvalue weighted by Gasteiger charge is 2.31. The molecule has 0 bridgehead atoms. The number of carbonyl (C=O) groups excluding carboxylic acids is 2. The van der Waals surface area contributed by atoms with Crippen LogP contribution >= 0.6 is 0 Å². The highest BCUT2D eigenvalue weighted by Crippen LogP contribution is 2.45. The lowest BCUT2D eigenvalue weighted by Crippen LogP contribution is -2.46. The maximum Gasteiger partial charge on any atom is 0.326 e. The number of fused-ring (bicyclic) bond motifs is 4. The summed E-state index contributed by atoms with van der Waals surface area (Å²) in [5.41, 5.74) is 4.76. The molecule has 0 saturated carbocycles. The fourth-order valence-corrected chi connectivity index (χ4v) is 5.39. The summed E-state index contributed by atoms with van der Waals surface area (Å²) in [5, 5.41) is 12.9. The zero-order chi connectivity index (χ0) is 27.1. The van der Waals surface area contributed by atoms with Crippen LogP contribution in [0, 0.1) is 0 Å². The molecule has 0 spiro atoms. The number of aliphatic carboxylic acids is 1. The molecule has 1 saturated heterocycles. The summed E-state index contributed by atoms with van der Waals surface area (Å²) in [4.78, 5) is 47.5. The molecule has 1 fully saturated rings. The fourth-order valence-electron chi connectivity index (χ4n) is 5.39. The summed E-state index contributed by atoms with van der Waals surface area (Å²) in [6, 6.07) is 8.49. The van der Waals surface area contributed by atoms with E-state index in [0.29, 0.717) is 42.3 Å². The van der Waals surface area contributed by atoms with Gasteiger partial charge in [-0.3, -0.25) is 4.79 Å². The van der Waals surface area contributed by atoms with Crippen molar-refractivity contribution >= 4 is 41.0 Å². The van der Waals surface area contributed by atoms with E-state index in [1.807, 2.05) is 31.2 Å². The molecule has 1 amide bonds. The number of anilines is 4. The zero-order valence-electron chi connectivity index (χ0n) is 21.3. The molecule has 11 heteroatoms. The predicted octanol–water partition coefficient (Wildman–Crippen LogP) is 3.71. The van der Waals surface area contributed by atoms with Crippen LogP contribution < -0.4 is 24.6 Å². The van der Waals surface area contributed by atoms with Crippen molar-refractivity contribution < 1.29 is 29.0 Å². The van der Waals surface area contributed by atoms with Crippen LogP contribution in [0.2, 0.25) is 0 Å². The molecule has 3 aliphatic rings. The molecule has 11 nitrogen and oxygen atoms in total. The summed E-state index contributed by atoms with van der Waals surface area (Å²) >= 11 is 0. The molecule has 2 N–H and O–H groups in total. The second-order valence-electron chi connectivity index (χ2n) is 9.72. The first-order chi connectivity index (χ1) is 18.9. The number of amides is 1. The van der Waals surface area contributed by atoms with E-state index < -0.39 is 12.0 Å². The van der Waals surface area contributed by atoms with Crippen molar-refractivity contribution in [3.8, 4) is 22.8 Å². The van der Waals surface area contributed by atoms with Gasteiger partial charge in [-0.2, -0.15) is 0 Å². The predicted molar refractivity (Wildman–Crippen MR) is 143 cm³/mol. The summed E-state index contributed by atoms with van der Waals surface area (Å²) in [5.74, 6) is 0.649. The monoisotopic (exact) mass is 529 g/mol. The quantitative estimate of drug-likeness (QED) is 0.436. The third-order valence-corrected chi connectivity index (χ3v) is 7.28. The first-order valence-electron chi connectivity index (χ1n) is 12.9. The Labute approximate surface area is 224 Å². The fraction of sp³-hybridized carbons (Fsp3) is 0.321. The smallest absolute Gasteiger partial charge is 0.326 e. The molecule has 3 aromatic rings. The summed E-state index contributed by atoms with van der Waals surface area (Å²) < 4.78 is 11.9. The van der Waals surface area contributed by atoms with E-state index in [4.69, 9.17) is 9.47 Å². The number of nitrogens with zero attached hydrogens (tertiary/aromatic N) is 4. The van der Waals surface area contributed by atoms with Crippen molar-refractivity contribution in [3.05, 3.63) is 48.3 Å². The Hall–Kier alpha value is -4.67. The minimum absolute atomic E-state index is 0.130. The average molecular weight is 530 g/mol. The molecule has 5 heterocycles. The van der Waals surface area contributed by atoms with Gasteiger partial charge in [0.25, 0.3) is 0 Å². The second-order valence-corrected chi connectivity index (χ2v) is 9.72. The third-order valence-electron chi connectivity index (χ3n) is 7.28. The summed E-state index contributed by atoms with van der Waals surface area (Å²) in [6.45, 7) is 3.28. The number of hydrogen-bond acceptors (Lipinski definition) is 9. The lowest BCUT2D eigenvalue weighted by molar-refractivity contribution is -0.139. The molecule has 1 aromatic carbocycles. The lowest BCUT2D eigenvalue weighted by Gasteiger charge is -2.34. The largest absolute Gasteiger partial charge is 0.485 e. The number of aldehydes is 1. The van der Waals surface area contributed by atoms with E-state index in [1.165, 1.54) is 0 Å². The molecule has 0 aliphatic carbocycles. The van der Waals surface area contributed by atoms with Gasteiger partial charge >= 0.3 is 5.97 Å². The Morgan fingerprint density at radius 2 is 2.08 bits per heavy atom. The van der Waals surface area contributed by atoms with Crippen molar-refractivity contribution in [2.45, 2.75) is 38.3 Å². The number of aromatic nitrogens is 2. The summed E-state index contributed by atoms with van der Waals surface area (Å²) in [7, 11) is 0. The molecule has 2 unspecified atom stereocenters. The van der Waals surface area contributed by atoms with E-state index in [2.05, 4.69) is 15.3 Å². The Bertz CT molecular complexity index is 1480. The van der Waals surface area contributed by atoms with E-state index in [0.717, 1.165) is 41.1 Å². The second kappa shape index (κ2) is 9.90. The van der Waals surface area contributed by atoms with E-state index >= 15 is 0 Å². The molecule has 39 heavy (non-hydrogen) atoms. The maximum absolute atomic E-state index is 12.2. The van der Waals surface area contributed by atoms with Crippen LogP contribution in [0.3, 0.4) is 0 Å². The molecule has 0 radical (unpaired) electrons. The minimum atomic E-state index is -1.09. The molecule has 200 valence electrons. The molecule has 2 aromatic heterocycles. The van der Waals surface area contributed by atoms with Crippen molar-refractivity contribution in [3.63, 3.8) is 0 Å². The normalized spacial score (nSPS) is 18.3. The molecule has 2 atom stereocenters. The topological polar surface area (TPSA) is 134 Å². The summed E-state index contributed by atoms with van der Waals surface area (Å²) in [6.07, 6.45) is 5.03. The number of nitrogens with one attached hydrogen (secondary N) is 1. The van der Waals surface area contributed by atoms with Gasteiger partial charge < -0.3 is 34.5 Å². The van der Waals surface area contributed by atoms with Gasteiger partial charge in [-0.05, 0) is 37.6 Å². The van der Waals surface area contributed by atoms with Crippen LogP contribution in [0.4, 0.5) is 22.9 Å². The van der Waals surface area contributed by atoms with Crippen molar-refractivity contribution in [2.75, 3.05) is 34.8 Å². The number of rotatable bonds is 7. The Kier molecular flexibility index (Phi) is 6.26. The van der Waals surface area contributed by atoms with Gasteiger partial charge in [0.15, 0.2) is 0 Å². The number of carboxylic acid groups (broad SMARTS) is 1. The van der Waals surface area contributed by atoms with Crippen LogP contribution in [-0.2, 0) is 14.4 Å². The van der Waals surface area contributed by atoms with Crippen molar-refractivity contribution in [2.24, 2.45) is 0 Å².